The SMILES string of the molecule is Cc1ccc(O)c(CNc2c(C)n[nH]c2C)c1. The van der Waals surface area contributed by atoms with Crippen molar-refractivity contribution < 1.29 is 5.11 Å². The van der Waals surface area contributed by atoms with Gasteiger partial charge in [-0.1, -0.05) is 17.7 Å². The molecule has 0 saturated carbocycles. The summed E-state index contributed by atoms with van der Waals surface area (Å²) in [6.07, 6.45) is 0. The molecule has 0 bridgehead atoms. The lowest BCUT2D eigenvalue weighted by atomic mass is 10.1. The zero-order chi connectivity index (χ0) is 12.4. The normalized spacial score (nSPS) is 10.5. The number of nitrogens with one attached hydrogen (secondary N) is 2. The number of H-pyrrole nitrogens is 1. The molecule has 0 atom stereocenters. The van der Waals surface area contributed by atoms with Crippen molar-refractivity contribution in [2.75, 3.05) is 5.32 Å². The number of aryl methyl sites for hydroxylation is 3. The number of benzene rings is 1. The minimum atomic E-state index is 0.321. The molecule has 0 aliphatic heterocycles. The van der Waals surface area contributed by atoms with Gasteiger partial charge in [-0.3, -0.25) is 5.10 Å². The Morgan fingerprint density at radius 2 is 2.06 bits per heavy atom. The molecule has 90 valence electrons. The second-order valence-electron chi connectivity index (χ2n) is 4.29. The molecule has 4 nitrogen and oxygen atoms in total. The van der Waals surface area contributed by atoms with E-state index in [1.807, 2.05) is 32.9 Å². The molecule has 1 heterocycles. The Hall–Kier alpha value is -1.97. The largest absolute Gasteiger partial charge is 0.508 e. The summed E-state index contributed by atoms with van der Waals surface area (Å²) < 4.78 is 0. The summed E-state index contributed by atoms with van der Waals surface area (Å²) in [7, 11) is 0. The van der Waals surface area contributed by atoms with Gasteiger partial charge in [0.25, 0.3) is 0 Å². The highest BCUT2D eigenvalue weighted by atomic mass is 16.3. The molecule has 0 radical (unpaired) electrons. The standard InChI is InChI=1S/C13H17N3O/c1-8-4-5-12(17)11(6-8)7-14-13-9(2)15-16-10(13)3/h4-6,14,17H,7H2,1-3H3,(H,15,16). The van der Waals surface area contributed by atoms with Gasteiger partial charge in [-0.2, -0.15) is 5.10 Å². The average Bonchev–Trinajstić information content (AvgIpc) is 2.61. The number of aromatic hydroxyl groups is 1. The quantitative estimate of drug-likeness (QED) is 0.761. The predicted molar refractivity (Wildman–Crippen MR) is 68.2 cm³/mol. The summed E-state index contributed by atoms with van der Waals surface area (Å²) in [5.41, 5.74) is 4.99. The molecule has 2 aromatic rings. The molecule has 1 aromatic heterocycles. The second-order valence-corrected chi connectivity index (χ2v) is 4.29. The minimum Gasteiger partial charge on any atom is -0.508 e. The van der Waals surface area contributed by atoms with Gasteiger partial charge in [-0.05, 0) is 26.8 Å². The van der Waals surface area contributed by atoms with Gasteiger partial charge >= 0.3 is 0 Å². The molecule has 2 rings (SSSR count). The molecule has 0 unspecified atom stereocenters. The predicted octanol–water partition coefficient (Wildman–Crippen LogP) is 2.65. The van der Waals surface area contributed by atoms with Crippen molar-refractivity contribution in [2.24, 2.45) is 0 Å². The Morgan fingerprint density at radius 1 is 1.29 bits per heavy atom. The molecule has 0 amide bonds. The lowest BCUT2D eigenvalue weighted by molar-refractivity contribution is 0.469. The molecule has 4 heteroatoms. The lowest BCUT2D eigenvalue weighted by Gasteiger charge is -2.09. The van der Waals surface area contributed by atoms with Crippen molar-refractivity contribution in [3.05, 3.63) is 40.7 Å². The van der Waals surface area contributed by atoms with E-state index in [1.54, 1.807) is 6.07 Å². The zero-order valence-electron chi connectivity index (χ0n) is 10.3. The van der Waals surface area contributed by atoms with Gasteiger partial charge < -0.3 is 10.4 Å². The minimum absolute atomic E-state index is 0.321. The molecule has 0 saturated heterocycles. The average molecular weight is 231 g/mol. The van der Waals surface area contributed by atoms with Crippen molar-refractivity contribution >= 4 is 5.69 Å². The van der Waals surface area contributed by atoms with E-state index < -0.39 is 0 Å². The Kier molecular flexibility index (Phi) is 3.04. The van der Waals surface area contributed by atoms with Gasteiger partial charge in [0.2, 0.25) is 0 Å². The van der Waals surface area contributed by atoms with Gasteiger partial charge in [0.1, 0.15) is 5.75 Å². The van der Waals surface area contributed by atoms with Crippen molar-refractivity contribution in [2.45, 2.75) is 27.3 Å². The lowest BCUT2D eigenvalue weighted by Crippen LogP contribution is -2.01. The summed E-state index contributed by atoms with van der Waals surface area (Å²) in [6.45, 7) is 6.52. The molecular formula is C13H17N3O. The van der Waals surface area contributed by atoms with E-state index in [4.69, 9.17) is 0 Å². The number of hydrogen-bond donors (Lipinski definition) is 3. The summed E-state index contributed by atoms with van der Waals surface area (Å²) in [5, 5.41) is 20.1. The van der Waals surface area contributed by atoms with E-state index >= 15 is 0 Å². The first-order valence-corrected chi connectivity index (χ1v) is 5.62. The number of phenols is 1. The van der Waals surface area contributed by atoms with Crippen LogP contribution in [-0.4, -0.2) is 15.3 Å². The van der Waals surface area contributed by atoms with Crippen LogP contribution in [0.2, 0.25) is 0 Å². The molecular weight excluding hydrogens is 214 g/mol. The van der Waals surface area contributed by atoms with E-state index in [2.05, 4.69) is 15.5 Å². The summed E-state index contributed by atoms with van der Waals surface area (Å²) in [6, 6.07) is 5.60. The van der Waals surface area contributed by atoms with Gasteiger partial charge in [0, 0.05) is 12.1 Å². The number of nitrogens with zero attached hydrogens (tertiary/aromatic N) is 1. The molecule has 0 spiro atoms. The van der Waals surface area contributed by atoms with Gasteiger partial charge in [0.05, 0.1) is 17.1 Å². The maximum Gasteiger partial charge on any atom is 0.120 e. The van der Waals surface area contributed by atoms with Gasteiger partial charge in [-0.15, -0.1) is 0 Å². The van der Waals surface area contributed by atoms with Crippen LogP contribution in [0.25, 0.3) is 0 Å². The van der Waals surface area contributed by atoms with E-state index in [1.165, 1.54) is 0 Å². The van der Waals surface area contributed by atoms with E-state index in [0.717, 1.165) is 28.2 Å². The first-order chi connectivity index (χ1) is 8.08. The zero-order valence-corrected chi connectivity index (χ0v) is 10.3. The Balaban J connectivity index is 2.15. The van der Waals surface area contributed by atoms with Crippen molar-refractivity contribution in [1.82, 2.24) is 10.2 Å². The fourth-order valence-corrected chi connectivity index (χ4v) is 1.85. The van der Waals surface area contributed by atoms with Gasteiger partial charge in [0.15, 0.2) is 0 Å². The summed E-state index contributed by atoms with van der Waals surface area (Å²) in [4.78, 5) is 0. The van der Waals surface area contributed by atoms with Gasteiger partial charge in [-0.25, -0.2) is 0 Å². The fraction of sp³-hybridized carbons (Fsp3) is 0.308. The van der Waals surface area contributed by atoms with Crippen LogP contribution in [-0.2, 0) is 6.54 Å². The number of aromatic nitrogens is 2. The summed E-state index contributed by atoms with van der Waals surface area (Å²) >= 11 is 0. The van der Waals surface area contributed by atoms with Crippen molar-refractivity contribution in [3.8, 4) is 5.75 Å². The second kappa shape index (κ2) is 4.49. The Bertz CT molecular complexity index is 512. The highest BCUT2D eigenvalue weighted by Gasteiger charge is 2.07. The first kappa shape index (κ1) is 11.5. The number of hydrogen-bond acceptors (Lipinski definition) is 3. The maximum atomic E-state index is 9.74. The summed E-state index contributed by atoms with van der Waals surface area (Å²) in [5.74, 6) is 0.321. The van der Waals surface area contributed by atoms with Crippen LogP contribution in [0, 0.1) is 20.8 Å². The van der Waals surface area contributed by atoms with E-state index in [0.29, 0.717) is 12.3 Å². The van der Waals surface area contributed by atoms with Crippen LogP contribution in [0.1, 0.15) is 22.5 Å². The van der Waals surface area contributed by atoms with Crippen LogP contribution in [0.5, 0.6) is 5.75 Å². The monoisotopic (exact) mass is 231 g/mol. The number of aromatic amines is 1. The maximum absolute atomic E-state index is 9.74. The molecule has 1 aromatic carbocycles. The number of rotatable bonds is 3. The molecule has 0 aliphatic carbocycles. The van der Waals surface area contributed by atoms with Crippen LogP contribution < -0.4 is 5.32 Å². The van der Waals surface area contributed by atoms with Crippen LogP contribution in [0.15, 0.2) is 18.2 Å². The van der Waals surface area contributed by atoms with Crippen molar-refractivity contribution in [3.63, 3.8) is 0 Å². The third-order valence-corrected chi connectivity index (χ3v) is 2.82. The van der Waals surface area contributed by atoms with Crippen LogP contribution in [0.4, 0.5) is 5.69 Å². The van der Waals surface area contributed by atoms with E-state index in [-0.39, 0.29) is 0 Å². The highest BCUT2D eigenvalue weighted by molar-refractivity contribution is 5.52. The Morgan fingerprint density at radius 3 is 2.71 bits per heavy atom. The smallest absolute Gasteiger partial charge is 0.120 e. The van der Waals surface area contributed by atoms with Crippen LogP contribution >= 0.6 is 0 Å². The van der Waals surface area contributed by atoms with Crippen molar-refractivity contribution in [1.29, 1.82) is 0 Å². The third kappa shape index (κ3) is 2.41. The molecule has 0 aliphatic rings. The number of anilines is 1. The molecule has 0 fully saturated rings. The van der Waals surface area contributed by atoms with E-state index in [9.17, 15) is 5.11 Å². The molecule has 3 N–H and O–H groups in total. The molecule has 17 heavy (non-hydrogen) atoms. The fourth-order valence-electron chi connectivity index (χ4n) is 1.85. The first-order valence-electron chi connectivity index (χ1n) is 5.62. The topological polar surface area (TPSA) is 60.9 Å². The van der Waals surface area contributed by atoms with Crippen LogP contribution in [0.3, 0.4) is 0 Å². The number of phenolic OH excluding ortho intramolecular Hbond substituents is 1. The Labute approximate surface area is 101 Å². The highest BCUT2D eigenvalue weighted by Crippen LogP contribution is 2.22. The third-order valence-electron chi connectivity index (χ3n) is 2.82.